The molecule has 0 saturated carbocycles. The maximum Gasteiger partial charge on any atom is 0.164 e. The Morgan fingerprint density at radius 3 is 1.23 bits per heavy atom. The van der Waals surface area contributed by atoms with Crippen molar-refractivity contribution in [2.24, 2.45) is 0 Å². The average molecular weight is 756 g/mol. The summed E-state index contributed by atoms with van der Waals surface area (Å²) >= 11 is 0. The zero-order valence-electron chi connectivity index (χ0n) is 32.9. The monoisotopic (exact) mass is 755 g/mol. The van der Waals surface area contributed by atoms with Crippen molar-refractivity contribution in [2.75, 3.05) is 0 Å². The molecule has 8 aromatic carbocycles. The van der Waals surface area contributed by atoms with Crippen LogP contribution >= 0.6 is 0 Å². The Labute approximate surface area is 331 Å². The number of rotatable bonds is 7. The second-order valence-electron chi connectivity index (χ2n) is 16.9. The van der Waals surface area contributed by atoms with E-state index in [1.54, 1.807) is 0 Å². The summed E-state index contributed by atoms with van der Waals surface area (Å²) in [7, 11) is -3.25. The van der Waals surface area contributed by atoms with Gasteiger partial charge < -0.3 is 0 Å². The fourth-order valence-electron chi connectivity index (χ4n) is 8.13. The Hall–Kier alpha value is -6.02. The lowest BCUT2D eigenvalue weighted by Gasteiger charge is -2.21. The van der Waals surface area contributed by atoms with Gasteiger partial charge in [-0.15, -0.1) is 0 Å². The van der Waals surface area contributed by atoms with Crippen molar-refractivity contribution in [2.45, 2.75) is 39.3 Å². The summed E-state index contributed by atoms with van der Waals surface area (Å²) < 4.78 is 0. The fourth-order valence-corrected chi connectivity index (χ4v) is 11.3. The van der Waals surface area contributed by atoms with Crippen LogP contribution in [0.5, 0.6) is 0 Å². The zero-order valence-corrected chi connectivity index (χ0v) is 34.9. The second kappa shape index (κ2) is 13.9. The van der Waals surface area contributed by atoms with Gasteiger partial charge in [-0.1, -0.05) is 195 Å². The Bertz CT molecular complexity index is 2840. The Morgan fingerprint density at radius 1 is 0.304 bits per heavy atom. The summed E-state index contributed by atoms with van der Waals surface area (Å²) in [5.41, 5.74) is 7.65. The van der Waals surface area contributed by atoms with Crippen molar-refractivity contribution in [3.63, 3.8) is 0 Å². The number of hydrogen-bond donors (Lipinski definition) is 0. The minimum Gasteiger partial charge on any atom is -0.208 e. The third-order valence-electron chi connectivity index (χ3n) is 11.0. The van der Waals surface area contributed by atoms with E-state index < -0.39 is 16.1 Å². The van der Waals surface area contributed by atoms with E-state index in [0.29, 0.717) is 17.5 Å². The predicted molar refractivity (Wildman–Crippen MR) is 245 cm³/mol. The van der Waals surface area contributed by atoms with Crippen LogP contribution in [0.15, 0.2) is 164 Å². The van der Waals surface area contributed by atoms with Gasteiger partial charge in [-0.3, -0.25) is 0 Å². The van der Waals surface area contributed by atoms with Crippen LogP contribution in [0.3, 0.4) is 0 Å². The zero-order chi connectivity index (χ0) is 38.6. The van der Waals surface area contributed by atoms with Crippen molar-refractivity contribution >= 4 is 58.8 Å². The molecule has 0 spiro atoms. The molecule has 0 unspecified atom stereocenters. The van der Waals surface area contributed by atoms with Gasteiger partial charge in [0.25, 0.3) is 0 Å². The van der Waals surface area contributed by atoms with E-state index in [9.17, 15) is 0 Å². The largest absolute Gasteiger partial charge is 0.208 e. The third kappa shape index (κ3) is 6.67. The number of hydrogen-bond acceptors (Lipinski definition) is 3. The van der Waals surface area contributed by atoms with Gasteiger partial charge >= 0.3 is 0 Å². The molecule has 0 saturated heterocycles. The highest BCUT2D eigenvalue weighted by atomic mass is 28.3. The van der Waals surface area contributed by atoms with Crippen molar-refractivity contribution in [1.82, 2.24) is 15.0 Å². The molecule has 56 heavy (non-hydrogen) atoms. The number of fused-ring (bicyclic) bond motifs is 3. The molecule has 0 aliphatic heterocycles. The highest BCUT2D eigenvalue weighted by molar-refractivity contribution is 6.91. The molecule has 0 bridgehead atoms. The molecule has 5 heteroatoms. The first kappa shape index (κ1) is 35.7. The van der Waals surface area contributed by atoms with Crippen LogP contribution in [-0.4, -0.2) is 31.1 Å². The summed E-state index contributed by atoms with van der Waals surface area (Å²) in [5.74, 6) is 2.03. The molecule has 0 amide bonds. The van der Waals surface area contributed by atoms with Crippen molar-refractivity contribution in [3.05, 3.63) is 164 Å². The molecule has 1 aromatic heterocycles. The van der Waals surface area contributed by atoms with E-state index in [4.69, 9.17) is 15.0 Å². The SMILES string of the molecule is C[Si](C)(C)c1ccc(-c2nc(-c3cccc(-c4cccc(-c5ccc6ccccc6c5)c4)c3)nc(-c3ccc([Si](C)(C)C)c4ccccc34)n2)c2ccccc12. The molecule has 3 nitrogen and oxygen atoms in total. The lowest BCUT2D eigenvalue weighted by Crippen LogP contribution is -2.38. The predicted octanol–water partition coefficient (Wildman–Crippen LogP) is 12.8. The molecule has 0 N–H and O–H groups in total. The molecule has 272 valence electrons. The molecule has 0 radical (unpaired) electrons. The molecule has 0 atom stereocenters. The molecule has 9 rings (SSSR count). The van der Waals surface area contributed by atoms with E-state index in [1.807, 2.05) is 0 Å². The first-order valence-electron chi connectivity index (χ1n) is 19.5. The minimum absolute atomic E-state index is 0.661. The lowest BCUT2D eigenvalue weighted by atomic mass is 9.96. The topological polar surface area (TPSA) is 38.7 Å². The molecule has 9 aromatic rings. The highest BCUT2D eigenvalue weighted by Gasteiger charge is 2.24. The summed E-state index contributed by atoms with van der Waals surface area (Å²) in [6, 6.07) is 59.3. The Balaban J connectivity index is 1.22. The van der Waals surface area contributed by atoms with Crippen molar-refractivity contribution in [1.29, 1.82) is 0 Å². The maximum absolute atomic E-state index is 5.33. The first-order valence-corrected chi connectivity index (χ1v) is 26.5. The van der Waals surface area contributed by atoms with Gasteiger partial charge in [-0.25, -0.2) is 15.0 Å². The highest BCUT2D eigenvalue weighted by Crippen LogP contribution is 2.35. The number of benzene rings is 8. The lowest BCUT2D eigenvalue weighted by molar-refractivity contribution is 1.08. The van der Waals surface area contributed by atoms with Crippen LogP contribution in [0, 0.1) is 0 Å². The van der Waals surface area contributed by atoms with E-state index in [0.717, 1.165) is 27.8 Å². The molecule has 1 heterocycles. The maximum atomic E-state index is 5.33. The molecule has 0 fully saturated rings. The van der Waals surface area contributed by atoms with Crippen LogP contribution in [0.2, 0.25) is 39.3 Å². The standard InChI is InChI=1S/C51H45N3Si2/c1-55(2,3)47-29-27-45(41-21-9-11-23-43(41)47)50-52-49(53-51(54-50)46-28-30-48(56(4,5)6)44-24-12-10-22-42(44)46)40-20-14-19-38(33-40)36-17-13-18-37(32-36)39-26-25-34-15-7-8-16-35(34)31-39/h7-33H,1-6H3. The normalized spacial score (nSPS) is 12.1. The fraction of sp³-hybridized carbons (Fsp3) is 0.118. The quantitative estimate of drug-likeness (QED) is 0.152. The Morgan fingerprint density at radius 2 is 0.714 bits per heavy atom. The van der Waals surface area contributed by atoms with Gasteiger partial charge in [0.15, 0.2) is 17.5 Å². The summed E-state index contributed by atoms with van der Waals surface area (Å²) in [4.78, 5) is 15.9. The van der Waals surface area contributed by atoms with Gasteiger partial charge in [-0.2, -0.15) is 0 Å². The van der Waals surface area contributed by atoms with Gasteiger partial charge in [0.1, 0.15) is 0 Å². The van der Waals surface area contributed by atoms with E-state index in [-0.39, 0.29) is 0 Å². The molecule has 0 aliphatic rings. The van der Waals surface area contributed by atoms with Crippen LogP contribution in [-0.2, 0) is 0 Å². The van der Waals surface area contributed by atoms with E-state index in [2.05, 4.69) is 203 Å². The summed E-state index contributed by atoms with van der Waals surface area (Å²) in [6.07, 6.45) is 0. The average Bonchev–Trinajstić information content (AvgIpc) is 3.22. The first-order chi connectivity index (χ1) is 27.0. The van der Waals surface area contributed by atoms with Crippen molar-refractivity contribution in [3.8, 4) is 56.4 Å². The minimum atomic E-state index is -1.63. The smallest absolute Gasteiger partial charge is 0.164 e. The van der Waals surface area contributed by atoms with Gasteiger partial charge in [0.05, 0.1) is 16.1 Å². The van der Waals surface area contributed by atoms with Crippen molar-refractivity contribution < 1.29 is 0 Å². The molecular weight excluding hydrogens is 711 g/mol. The molecule has 0 aliphatic carbocycles. The van der Waals surface area contributed by atoms with Crippen LogP contribution in [0.4, 0.5) is 0 Å². The molecular formula is C51H45N3Si2. The summed E-state index contributed by atoms with van der Waals surface area (Å²) in [5, 5.41) is 10.3. The Kier molecular flexibility index (Phi) is 8.87. The second-order valence-corrected chi connectivity index (χ2v) is 27.0. The van der Waals surface area contributed by atoms with Gasteiger partial charge in [0.2, 0.25) is 0 Å². The van der Waals surface area contributed by atoms with Crippen LogP contribution in [0.1, 0.15) is 0 Å². The van der Waals surface area contributed by atoms with Gasteiger partial charge in [-0.05, 0) is 72.8 Å². The third-order valence-corrected chi connectivity index (χ3v) is 15.1. The summed E-state index contributed by atoms with van der Waals surface area (Å²) in [6.45, 7) is 14.5. The number of aromatic nitrogens is 3. The van der Waals surface area contributed by atoms with Crippen LogP contribution < -0.4 is 10.4 Å². The van der Waals surface area contributed by atoms with Crippen LogP contribution in [0.25, 0.3) is 88.7 Å². The number of nitrogens with zero attached hydrogens (tertiary/aromatic N) is 3. The van der Waals surface area contributed by atoms with E-state index >= 15 is 0 Å². The van der Waals surface area contributed by atoms with E-state index in [1.165, 1.54) is 53.8 Å². The van der Waals surface area contributed by atoms with Gasteiger partial charge in [0, 0.05) is 16.7 Å².